The lowest BCUT2D eigenvalue weighted by Crippen LogP contribution is -2.39. The summed E-state index contributed by atoms with van der Waals surface area (Å²) >= 11 is 0. The average Bonchev–Trinajstić information content (AvgIpc) is 2.03. The van der Waals surface area contributed by atoms with Crippen LogP contribution in [0, 0.1) is 5.41 Å². The molecule has 0 aliphatic rings. The topological polar surface area (TPSA) is 38.0 Å². The zero-order valence-electron chi connectivity index (χ0n) is 7.74. The van der Waals surface area contributed by atoms with E-state index < -0.39 is 6.43 Å². The molecule has 0 aromatic heterocycles. The van der Waals surface area contributed by atoms with Crippen molar-refractivity contribution in [3.63, 3.8) is 0 Å². The first-order valence-corrected chi connectivity index (χ1v) is 4.23. The van der Waals surface area contributed by atoms with Crippen LogP contribution >= 0.6 is 0 Å². The van der Waals surface area contributed by atoms with Gasteiger partial charge in [0.15, 0.2) is 0 Å². The van der Waals surface area contributed by atoms with E-state index in [1.807, 2.05) is 13.8 Å². The van der Waals surface area contributed by atoms with Gasteiger partial charge in [0.25, 0.3) is 6.43 Å². The maximum Gasteiger partial charge on any atom is 0.250 e. The van der Waals surface area contributed by atoms with E-state index in [0.29, 0.717) is 13.1 Å². The van der Waals surface area contributed by atoms with Crippen LogP contribution in [0.25, 0.3) is 0 Å². The maximum atomic E-state index is 11.7. The molecular formula is C8H18F2N2. The minimum Gasteiger partial charge on any atom is -0.330 e. The summed E-state index contributed by atoms with van der Waals surface area (Å²) in [4.78, 5) is 0. The third-order valence-electron chi connectivity index (χ3n) is 2.20. The normalized spacial score (nSPS) is 16.5. The number of hydrogen-bond acceptors (Lipinski definition) is 2. The maximum absolute atomic E-state index is 11.7. The number of nitrogens with one attached hydrogen (secondary N) is 1. The molecule has 0 fully saturated rings. The molecule has 0 spiro atoms. The monoisotopic (exact) mass is 180 g/mol. The van der Waals surface area contributed by atoms with Crippen LogP contribution in [-0.2, 0) is 0 Å². The highest BCUT2D eigenvalue weighted by Gasteiger charge is 2.19. The van der Waals surface area contributed by atoms with Crippen molar-refractivity contribution in [2.24, 2.45) is 11.1 Å². The molecule has 1 atom stereocenters. The molecule has 12 heavy (non-hydrogen) atoms. The lowest BCUT2D eigenvalue weighted by molar-refractivity contribution is 0.139. The lowest BCUT2D eigenvalue weighted by atomic mass is 9.88. The molecule has 0 rings (SSSR count). The van der Waals surface area contributed by atoms with Gasteiger partial charge < -0.3 is 11.1 Å². The quantitative estimate of drug-likeness (QED) is 0.645. The molecule has 0 amide bonds. The molecule has 0 aromatic carbocycles. The van der Waals surface area contributed by atoms with Crippen molar-refractivity contribution < 1.29 is 8.78 Å². The number of halogens is 2. The van der Waals surface area contributed by atoms with Gasteiger partial charge in [-0.05, 0) is 18.4 Å². The second-order valence-electron chi connectivity index (χ2n) is 3.39. The predicted octanol–water partition coefficient (Wildman–Crippen LogP) is 1.22. The Hall–Kier alpha value is -0.220. The molecule has 3 N–H and O–H groups in total. The van der Waals surface area contributed by atoms with Gasteiger partial charge >= 0.3 is 0 Å². The van der Waals surface area contributed by atoms with Gasteiger partial charge in [0.1, 0.15) is 0 Å². The van der Waals surface area contributed by atoms with Crippen LogP contribution in [0.5, 0.6) is 0 Å². The van der Waals surface area contributed by atoms with E-state index in [4.69, 9.17) is 5.73 Å². The number of rotatable bonds is 6. The highest BCUT2D eigenvalue weighted by Crippen LogP contribution is 2.17. The highest BCUT2D eigenvalue weighted by molar-refractivity contribution is 4.76. The Bertz CT molecular complexity index is 114. The number of hydrogen-bond donors (Lipinski definition) is 2. The first-order chi connectivity index (χ1) is 5.54. The van der Waals surface area contributed by atoms with Crippen LogP contribution in [0.1, 0.15) is 20.3 Å². The summed E-state index contributed by atoms with van der Waals surface area (Å²) in [5.41, 5.74) is 5.46. The van der Waals surface area contributed by atoms with Crippen LogP contribution in [0.2, 0.25) is 0 Å². The molecule has 4 heteroatoms. The smallest absolute Gasteiger partial charge is 0.250 e. The fourth-order valence-electron chi connectivity index (χ4n) is 0.825. The fraction of sp³-hybridized carbons (Fsp3) is 1.00. The minimum absolute atomic E-state index is 0.0467. The van der Waals surface area contributed by atoms with E-state index in [2.05, 4.69) is 5.32 Å². The van der Waals surface area contributed by atoms with Crippen molar-refractivity contribution >= 4 is 0 Å². The van der Waals surface area contributed by atoms with Gasteiger partial charge in [-0.2, -0.15) is 0 Å². The third-order valence-corrected chi connectivity index (χ3v) is 2.20. The minimum atomic E-state index is -2.27. The summed E-state index contributed by atoms with van der Waals surface area (Å²) in [6.45, 7) is 4.85. The summed E-state index contributed by atoms with van der Waals surface area (Å²) in [6.07, 6.45) is -1.37. The SMILES string of the molecule is CCC(C)(CN)CNCC(F)F. The summed E-state index contributed by atoms with van der Waals surface area (Å²) in [7, 11) is 0. The van der Waals surface area contributed by atoms with Crippen molar-refractivity contribution in [3.05, 3.63) is 0 Å². The van der Waals surface area contributed by atoms with Gasteiger partial charge in [-0.15, -0.1) is 0 Å². The molecule has 2 nitrogen and oxygen atoms in total. The van der Waals surface area contributed by atoms with Crippen molar-refractivity contribution in [2.45, 2.75) is 26.7 Å². The molecule has 0 radical (unpaired) electrons. The van der Waals surface area contributed by atoms with E-state index in [1.165, 1.54) is 0 Å². The van der Waals surface area contributed by atoms with Crippen molar-refractivity contribution in [2.75, 3.05) is 19.6 Å². The molecule has 0 aliphatic heterocycles. The molecular weight excluding hydrogens is 162 g/mol. The largest absolute Gasteiger partial charge is 0.330 e. The Morgan fingerprint density at radius 3 is 2.42 bits per heavy atom. The Labute approximate surface area is 72.5 Å². The van der Waals surface area contributed by atoms with E-state index in [-0.39, 0.29) is 12.0 Å². The van der Waals surface area contributed by atoms with Crippen LogP contribution in [-0.4, -0.2) is 26.1 Å². The van der Waals surface area contributed by atoms with Crippen LogP contribution in [0.4, 0.5) is 8.78 Å². The zero-order valence-corrected chi connectivity index (χ0v) is 7.74. The molecule has 0 bridgehead atoms. The van der Waals surface area contributed by atoms with E-state index >= 15 is 0 Å². The van der Waals surface area contributed by atoms with Gasteiger partial charge in [0, 0.05) is 6.54 Å². The third kappa shape index (κ3) is 4.62. The van der Waals surface area contributed by atoms with Crippen molar-refractivity contribution in [3.8, 4) is 0 Å². The average molecular weight is 180 g/mol. The van der Waals surface area contributed by atoms with Gasteiger partial charge in [-0.25, -0.2) is 8.78 Å². The van der Waals surface area contributed by atoms with Gasteiger partial charge in [0.05, 0.1) is 6.54 Å². The van der Waals surface area contributed by atoms with Crippen LogP contribution < -0.4 is 11.1 Å². The van der Waals surface area contributed by atoms with Crippen molar-refractivity contribution in [1.82, 2.24) is 5.32 Å². The molecule has 1 unspecified atom stereocenters. The van der Waals surface area contributed by atoms with Gasteiger partial charge in [0.2, 0.25) is 0 Å². The van der Waals surface area contributed by atoms with Crippen LogP contribution in [0.3, 0.4) is 0 Å². The second kappa shape index (κ2) is 5.43. The summed E-state index contributed by atoms with van der Waals surface area (Å²) in [6, 6.07) is 0. The fourth-order valence-corrected chi connectivity index (χ4v) is 0.825. The first-order valence-electron chi connectivity index (χ1n) is 4.23. The Balaban J connectivity index is 3.58. The van der Waals surface area contributed by atoms with E-state index in [0.717, 1.165) is 6.42 Å². The van der Waals surface area contributed by atoms with Gasteiger partial charge in [-0.3, -0.25) is 0 Å². The summed E-state index contributed by atoms with van der Waals surface area (Å²) in [5, 5.41) is 2.70. The van der Waals surface area contributed by atoms with E-state index in [1.54, 1.807) is 0 Å². The summed E-state index contributed by atoms with van der Waals surface area (Å²) in [5.74, 6) is 0. The van der Waals surface area contributed by atoms with E-state index in [9.17, 15) is 8.78 Å². The standard InChI is InChI=1S/C8H18F2N2/c1-3-8(2,5-11)6-12-4-7(9)10/h7,12H,3-6,11H2,1-2H3. The Morgan fingerprint density at radius 1 is 1.50 bits per heavy atom. The highest BCUT2D eigenvalue weighted by atomic mass is 19.3. The molecule has 0 saturated heterocycles. The Morgan fingerprint density at radius 2 is 2.08 bits per heavy atom. The molecule has 0 aliphatic carbocycles. The molecule has 74 valence electrons. The van der Waals surface area contributed by atoms with Crippen LogP contribution in [0.15, 0.2) is 0 Å². The number of nitrogens with two attached hydrogens (primary N) is 1. The molecule has 0 saturated carbocycles. The predicted molar refractivity (Wildman–Crippen MR) is 46.3 cm³/mol. The lowest BCUT2D eigenvalue weighted by Gasteiger charge is -2.26. The second-order valence-corrected chi connectivity index (χ2v) is 3.39. The molecule has 0 heterocycles. The zero-order chi connectivity index (χ0) is 9.61. The molecule has 0 aromatic rings. The van der Waals surface area contributed by atoms with Crippen molar-refractivity contribution in [1.29, 1.82) is 0 Å². The Kier molecular flexibility index (Phi) is 5.33. The summed E-state index contributed by atoms with van der Waals surface area (Å²) < 4.78 is 23.4. The first kappa shape index (κ1) is 11.8. The number of alkyl halides is 2. The van der Waals surface area contributed by atoms with Gasteiger partial charge in [-0.1, -0.05) is 13.8 Å².